The predicted octanol–water partition coefficient (Wildman–Crippen LogP) is 2.16. The lowest BCUT2D eigenvalue weighted by atomic mass is 9.86. The molecule has 2 rings (SSSR count). The van der Waals surface area contributed by atoms with Crippen LogP contribution < -0.4 is 0 Å². The Kier molecular flexibility index (Phi) is 4.79. The minimum Gasteiger partial charge on any atom is -0.303 e. The first kappa shape index (κ1) is 14.0. The minimum absolute atomic E-state index is 0.356. The van der Waals surface area contributed by atoms with Crippen LogP contribution in [-0.2, 0) is 4.79 Å². The predicted molar refractivity (Wildman–Crippen MR) is 74.7 cm³/mol. The van der Waals surface area contributed by atoms with E-state index in [1.165, 1.54) is 12.8 Å². The second-order valence-electron chi connectivity index (χ2n) is 5.96. The molecule has 0 saturated carbocycles. The van der Waals surface area contributed by atoms with Crippen LogP contribution in [0.5, 0.6) is 0 Å². The van der Waals surface area contributed by atoms with Crippen LogP contribution in [0.15, 0.2) is 0 Å². The van der Waals surface area contributed by atoms with Gasteiger partial charge in [-0.3, -0.25) is 4.79 Å². The van der Waals surface area contributed by atoms with Gasteiger partial charge in [0.05, 0.1) is 0 Å². The Morgan fingerprint density at radius 2 is 1.72 bits per heavy atom. The highest BCUT2D eigenvalue weighted by molar-refractivity contribution is 5.81. The number of carbonyl (C=O) groups excluding carboxylic acids is 1. The van der Waals surface area contributed by atoms with E-state index in [4.69, 9.17) is 0 Å². The van der Waals surface area contributed by atoms with E-state index < -0.39 is 0 Å². The van der Waals surface area contributed by atoms with Crippen LogP contribution >= 0.6 is 0 Å². The highest BCUT2D eigenvalue weighted by Gasteiger charge is 2.40. The normalized spacial score (nSPS) is 32.1. The number of hydrogen-bond donors (Lipinski definition) is 0. The molecule has 2 atom stereocenters. The quantitative estimate of drug-likeness (QED) is 0.724. The van der Waals surface area contributed by atoms with Gasteiger partial charge in [0.1, 0.15) is 5.78 Å². The molecule has 2 saturated heterocycles. The van der Waals surface area contributed by atoms with Crippen molar-refractivity contribution in [3.63, 3.8) is 0 Å². The molecular weight excluding hydrogens is 224 g/mol. The fourth-order valence-electron chi connectivity index (χ4n) is 3.69. The highest BCUT2D eigenvalue weighted by Crippen LogP contribution is 2.38. The number of fused-ring (bicyclic) bond motifs is 2. The molecule has 0 spiro atoms. The Morgan fingerprint density at radius 1 is 1.17 bits per heavy atom. The lowest BCUT2D eigenvalue weighted by Crippen LogP contribution is -2.42. The third kappa shape index (κ3) is 2.94. The standard InChI is InChI=1S/C15H28N2O/c1-4-17(5-2)9-8-15(18)12-10-13-6-7-14(11-12)16(13)3/h12-14H,4-11H2,1-3H3. The van der Waals surface area contributed by atoms with E-state index in [1.807, 2.05) is 0 Å². The zero-order valence-corrected chi connectivity index (χ0v) is 12.2. The molecule has 104 valence electrons. The maximum atomic E-state index is 12.3. The summed E-state index contributed by atoms with van der Waals surface area (Å²) in [4.78, 5) is 17.2. The Labute approximate surface area is 112 Å². The average molecular weight is 252 g/mol. The van der Waals surface area contributed by atoms with Gasteiger partial charge >= 0.3 is 0 Å². The summed E-state index contributed by atoms with van der Waals surface area (Å²) in [6.45, 7) is 7.41. The number of hydrogen-bond acceptors (Lipinski definition) is 3. The molecule has 18 heavy (non-hydrogen) atoms. The number of Topliss-reactive ketones (excluding diaryl/α,β-unsaturated/α-hetero) is 1. The third-order valence-electron chi connectivity index (χ3n) is 5.12. The van der Waals surface area contributed by atoms with Crippen molar-refractivity contribution in [2.45, 2.75) is 58.0 Å². The van der Waals surface area contributed by atoms with Gasteiger partial charge in [0, 0.05) is 31.0 Å². The topological polar surface area (TPSA) is 23.6 Å². The molecule has 0 N–H and O–H groups in total. The Hall–Kier alpha value is -0.410. The van der Waals surface area contributed by atoms with Crippen molar-refractivity contribution in [2.24, 2.45) is 5.92 Å². The minimum atomic E-state index is 0.356. The summed E-state index contributed by atoms with van der Waals surface area (Å²) in [5.74, 6) is 0.876. The fraction of sp³-hybridized carbons (Fsp3) is 0.933. The summed E-state index contributed by atoms with van der Waals surface area (Å²) in [6.07, 6.45) is 5.60. The van der Waals surface area contributed by atoms with Crippen molar-refractivity contribution >= 4 is 5.78 Å². The summed E-state index contributed by atoms with van der Waals surface area (Å²) in [6, 6.07) is 1.37. The van der Waals surface area contributed by atoms with E-state index in [0.717, 1.165) is 38.9 Å². The summed E-state index contributed by atoms with van der Waals surface area (Å²) < 4.78 is 0. The van der Waals surface area contributed by atoms with Crippen LogP contribution in [0, 0.1) is 5.92 Å². The van der Waals surface area contributed by atoms with E-state index in [0.29, 0.717) is 23.8 Å². The molecule has 2 aliphatic rings. The van der Waals surface area contributed by atoms with Crippen LogP contribution in [0.25, 0.3) is 0 Å². The molecule has 2 unspecified atom stereocenters. The smallest absolute Gasteiger partial charge is 0.137 e. The van der Waals surface area contributed by atoms with Crippen molar-refractivity contribution < 1.29 is 4.79 Å². The van der Waals surface area contributed by atoms with E-state index in [1.54, 1.807) is 0 Å². The summed E-state index contributed by atoms with van der Waals surface area (Å²) in [5.41, 5.74) is 0. The molecule has 0 aromatic heterocycles. The second-order valence-corrected chi connectivity index (χ2v) is 5.96. The van der Waals surface area contributed by atoms with Crippen molar-refractivity contribution in [3.05, 3.63) is 0 Å². The van der Waals surface area contributed by atoms with Gasteiger partial charge in [0.25, 0.3) is 0 Å². The zero-order chi connectivity index (χ0) is 13.1. The molecule has 2 heterocycles. The molecular formula is C15H28N2O. The van der Waals surface area contributed by atoms with Gasteiger partial charge in [-0.2, -0.15) is 0 Å². The molecule has 0 amide bonds. The third-order valence-corrected chi connectivity index (χ3v) is 5.12. The Bertz CT molecular complexity index is 274. The van der Waals surface area contributed by atoms with Crippen LogP contribution in [0.2, 0.25) is 0 Å². The SMILES string of the molecule is CCN(CC)CCC(=O)C1CC2CCC(C1)N2C. The zero-order valence-electron chi connectivity index (χ0n) is 12.2. The lowest BCUT2D eigenvalue weighted by Gasteiger charge is -2.35. The Morgan fingerprint density at radius 3 is 2.22 bits per heavy atom. The van der Waals surface area contributed by atoms with Gasteiger partial charge in [-0.25, -0.2) is 0 Å². The van der Waals surface area contributed by atoms with E-state index in [-0.39, 0.29) is 0 Å². The molecule has 0 aromatic carbocycles. The first-order chi connectivity index (χ1) is 8.65. The van der Waals surface area contributed by atoms with Crippen molar-refractivity contribution in [1.29, 1.82) is 0 Å². The fourth-order valence-corrected chi connectivity index (χ4v) is 3.69. The molecule has 3 nitrogen and oxygen atoms in total. The lowest BCUT2D eigenvalue weighted by molar-refractivity contribution is -0.125. The van der Waals surface area contributed by atoms with Crippen molar-refractivity contribution in [2.75, 3.05) is 26.7 Å². The first-order valence-corrected chi connectivity index (χ1v) is 7.62. The maximum Gasteiger partial charge on any atom is 0.137 e. The van der Waals surface area contributed by atoms with E-state index >= 15 is 0 Å². The van der Waals surface area contributed by atoms with Crippen molar-refractivity contribution in [1.82, 2.24) is 9.80 Å². The molecule has 0 aliphatic carbocycles. The van der Waals surface area contributed by atoms with Crippen LogP contribution in [0.1, 0.15) is 46.0 Å². The number of carbonyl (C=O) groups is 1. The number of ketones is 1. The number of nitrogens with zero attached hydrogens (tertiary/aromatic N) is 2. The summed E-state index contributed by atoms with van der Waals surface area (Å²) in [5, 5.41) is 0. The molecule has 3 heteroatoms. The monoisotopic (exact) mass is 252 g/mol. The summed E-state index contributed by atoms with van der Waals surface area (Å²) >= 11 is 0. The maximum absolute atomic E-state index is 12.3. The molecule has 2 aliphatic heterocycles. The van der Waals surface area contributed by atoms with Gasteiger partial charge in [0.15, 0.2) is 0 Å². The summed E-state index contributed by atoms with van der Waals surface area (Å²) in [7, 11) is 2.24. The molecule has 2 fully saturated rings. The van der Waals surface area contributed by atoms with Gasteiger partial charge in [-0.1, -0.05) is 13.8 Å². The molecule has 0 radical (unpaired) electrons. The molecule has 2 bridgehead atoms. The number of piperidine rings is 1. The molecule has 0 aromatic rings. The highest BCUT2D eigenvalue weighted by atomic mass is 16.1. The van der Waals surface area contributed by atoms with E-state index in [2.05, 4.69) is 30.7 Å². The largest absolute Gasteiger partial charge is 0.303 e. The first-order valence-electron chi connectivity index (χ1n) is 7.62. The van der Waals surface area contributed by atoms with Crippen molar-refractivity contribution in [3.8, 4) is 0 Å². The van der Waals surface area contributed by atoms with Gasteiger partial charge in [0.2, 0.25) is 0 Å². The average Bonchev–Trinajstić information content (AvgIpc) is 2.62. The van der Waals surface area contributed by atoms with Crippen LogP contribution in [0.3, 0.4) is 0 Å². The number of rotatable bonds is 6. The van der Waals surface area contributed by atoms with Gasteiger partial charge in [-0.05, 0) is 45.8 Å². The van der Waals surface area contributed by atoms with Crippen LogP contribution in [-0.4, -0.2) is 54.3 Å². The van der Waals surface area contributed by atoms with Crippen LogP contribution in [0.4, 0.5) is 0 Å². The van der Waals surface area contributed by atoms with Gasteiger partial charge < -0.3 is 9.80 Å². The van der Waals surface area contributed by atoms with E-state index in [9.17, 15) is 4.79 Å². The second kappa shape index (κ2) is 6.16. The Balaban J connectivity index is 1.80. The van der Waals surface area contributed by atoms with Gasteiger partial charge in [-0.15, -0.1) is 0 Å².